The summed E-state index contributed by atoms with van der Waals surface area (Å²) in [4.78, 5) is 27.8. The van der Waals surface area contributed by atoms with Crippen LogP contribution < -0.4 is 11.1 Å². The lowest BCUT2D eigenvalue weighted by molar-refractivity contribution is -0.113. The second-order valence-electron chi connectivity index (χ2n) is 6.56. The number of primary amides is 1. The number of imidazole rings is 1. The highest BCUT2D eigenvalue weighted by Crippen LogP contribution is 2.20. The molecule has 150 valence electrons. The van der Waals surface area contributed by atoms with Crippen molar-refractivity contribution in [2.24, 2.45) is 5.73 Å². The van der Waals surface area contributed by atoms with E-state index in [-0.39, 0.29) is 18.3 Å². The minimum Gasteiger partial charge on any atom is -0.390 e. The number of carbonyl (C=O) groups is 2. The van der Waals surface area contributed by atoms with Gasteiger partial charge in [-0.05, 0) is 36.8 Å². The third-order valence-electron chi connectivity index (χ3n) is 4.21. The Balaban J connectivity index is 1.63. The van der Waals surface area contributed by atoms with Crippen molar-refractivity contribution in [3.8, 4) is 0 Å². The van der Waals surface area contributed by atoms with Crippen LogP contribution in [0.25, 0.3) is 0 Å². The Kier molecular flexibility index (Phi) is 6.69. The number of aryl methyl sites for hydroxylation is 1. The molecule has 8 heteroatoms. The molecule has 0 unspecified atom stereocenters. The zero-order valence-corrected chi connectivity index (χ0v) is 16.8. The molecule has 3 aromatic rings. The van der Waals surface area contributed by atoms with Crippen LogP contribution in [0.3, 0.4) is 0 Å². The number of aliphatic hydroxyl groups is 1. The van der Waals surface area contributed by atoms with Crippen molar-refractivity contribution in [3.05, 3.63) is 77.1 Å². The minimum atomic E-state index is -0.515. The van der Waals surface area contributed by atoms with Crippen LogP contribution in [0.2, 0.25) is 0 Å². The maximum Gasteiger partial charge on any atom is 0.248 e. The number of nitrogens with zero attached hydrogens (tertiary/aromatic N) is 2. The van der Waals surface area contributed by atoms with Crippen LogP contribution in [-0.4, -0.2) is 32.2 Å². The van der Waals surface area contributed by atoms with Gasteiger partial charge in [-0.15, -0.1) is 0 Å². The van der Waals surface area contributed by atoms with Gasteiger partial charge in [0.05, 0.1) is 18.1 Å². The van der Waals surface area contributed by atoms with Gasteiger partial charge in [0.25, 0.3) is 0 Å². The summed E-state index contributed by atoms with van der Waals surface area (Å²) in [6.45, 7) is 2.48. The molecule has 0 radical (unpaired) electrons. The average molecular weight is 410 g/mol. The lowest BCUT2D eigenvalue weighted by Gasteiger charge is -2.09. The van der Waals surface area contributed by atoms with E-state index in [1.165, 1.54) is 17.3 Å². The van der Waals surface area contributed by atoms with Gasteiger partial charge in [-0.2, -0.15) is 0 Å². The van der Waals surface area contributed by atoms with E-state index in [4.69, 9.17) is 5.73 Å². The van der Waals surface area contributed by atoms with Crippen molar-refractivity contribution in [2.45, 2.75) is 25.2 Å². The van der Waals surface area contributed by atoms with Crippen LogP contribution >= 0.6 is 11.8 Å². The first-order chi connectivity index (χ1) is 13.9. The van der Waals surface area contributed by atoms with E-state index >= 15 is 0 Å². The number of nitrogens with one attached hydrogen (secondary N) is 1. The van der Waals surface area contributed by atoms with E-state index in [1.807, 2.05) is 35.8 Å². The van der Waals surface area contributed by atoms with Gasteiger partial charge in [0.1, 0.15) is 0 Å². The molecule has 3 rings (SSSR count). The number of thioether (sulfide) groups is 1. The summed E-state index contributed by atoms with van der Waals surface area (Å²) >= 11 is 1.30. The van der Waals surface area contributed by atoms with Crippen molar-refractivity contribution in [3.63, 3.8) is 0 Å². The Bertz CT molecular complexity index is 998. The van der Waals surface area contributed by atoms with Gasteiger partial charge in [0.2, 0.25) is 11.8 Å². The van der Waals surface area contributed by atoms with E-state index in [9.17, 15) is 14.7 Å². The number of anilines is 1. The second kappa shape index (κ2) is 9.40. The average Bonchev–Trinajstić information content (AvgIpc) is 3.10. The molecule has 2 amide bonds. The van der Waals surface area contributed by atoms with Gasteiger partial charge in [-0.1, -0.05) is 41.6 Å². The topological polar surface area (TPSA) is 110 Å². The predicted octanol–water partition coefficient (Wildman–Crippen LogP) is 2.56. The summed E-state index contributed by atoms with van der Waals surface area (Å²) in [6, 6.07) is 14.6. The van der Waals surface area contributed by atoms with Crippen molar-refractivity contribution >= 4 is 29.3 Å². The highest BCUT2D eigenvalue weighted by molar-refractivity contribution is 7.99. The Morgan fingerprint density at radius 3 is 2.45 bits per heavy atom. The largest absolute Gasteiger partial charge is 0.390 e. The first kappa shape index (κ1) is 20.6. The smallest absolute Gasteiger partial charge is 0.248 e. The van der Waals surface area contributed by atoms with Gasteiger partial charge in [0.15, 0.2) is 5.16 Å². The van der Waals surface area contributed by atoms with Gasteiger partial charge < -0.3 is 20.7 Å². The molecule has 0 saturated carbocycles. The number of amides is 2. The molecule has 0 bridgehead atoms. The fourth-order valence-corrected chi connectivity index (χ4v) is 3.49. The molecule has 0 aliphatic carbocycles. The monoisotopic (exact) mass is 410 g/mol. The van der Waals surface area contributed by atoms with Gasteiger partial charge in [-0.3, -0.25) is 9.59 Å². The minimum absolute atomic E-state index is 0.160. The quantitative estimate of drug-likeness (QED) is 0.494. The first-order valence-corrected chi connectivity index (χ1v) is 9.98. The summed E-state index contributed by atoms with van der Waals surface area (Å²) in [7, 11) is 0. The molecule has 0 atom stereocenters. The number of aliphatic hydroxyl groups excluding tert-OH is 1. The first-order valence-electron chi connectivity index (χ1n) is 8.99. The van der Waals surface area contributed by atoms with Crippen LogP contribution in [0.4, 0.5) is 5.69 Å². The highest BCUT2D eigenvalue weighted by Gasteiger charge is 2.12. The molecule has 0 aliphatic rings. The second-order valence-corrected chi connectivity index (χ2v) is 7.51. The molecular weight excluding hydrogens is 388 g/mol. The molecule has 29 heavy (non-hydrogen) atoms. The summed E-state index contributed by atoms with van der Waals surface area (Å²) < 4.78 is 1.93. The van der Waals surface area contributed by atoms with Crippen LogP contribution in [0.1, 0.15) is 27.2 Å². The van der Waals surface area contributed by atoms with Gasteiger partial charge in [0, 0.05) is 24.0 Å². The van der Waals surface area contributed by atoms with Crippen molar-refractivity contribution in [1.82, 2.24) is 9.55 Å². The maximum absolute atomic E-state index is 12.3. The predicted molar refractivity (Wildman–Crippen MR) is 113 cm³/mol. The number of nitrogens with two attached hydrogens (primary N) is 1. The molecule has 1 heterocycles. The number of aromatic nitrogens is 2. The summed E-state index contributed by atoms with van der Waals surface area (Å²) in [5.41, 5.74) is 9.03. The Labute approximate surface area is 173 Å². The maximum atomic E-state index is 12.3. The van der Waals surface area contributed by atoms with E-state index in [0.29, 0.717) is 28.6 Å². The summed E-state index contributed by atoms with van der Waals surface area (Å²) in [6.07, 6.45) is 1.79. The van der Waals surface area contributed by atoms with Crippen molar-refractivity contribution in [1.29, 1.82) is 0 Å². The molecule has 0 spiro atoms. The van der Waals surface area contributed by atoms with Crippen LogP contribution in [0.15, 0.2) is 59.9 Å². The third-order valence-corrected chi connectivity index (χ3v) is 5.20. The Morgan fingerprint density at radius 1 is 1.14 bits per heavy atom. The fourth-order valence-electron chi connectivity index (χ4n) is 2.69. The van der Waals surface area contributed by atoms with Gasteiger partial charge >= 0.3 is 0 Å². The van der Waals surface area contributed by atoms with Crippen LogP contribution in [0, 0.1) is 6.92 Å². The summed E-state index contributed by atoms with van der Waals surface area (Å²) in [5, 5.41) is 12.9. The zero-order valence-electron chi connectivity index (χ0n) is 16.0. The van der Waals surface area contributed by atoms with Crippen molar-refractivity contribution < 1.29 is 14.7 Å². The van der Waals surface area contributed by atoms with E-state index in [2.05, 4.69) is 10.3 Å². The Hall–Kier alpha value is -3.10. The zero-order chi connectivity index (χ0) is 20.8. The van der Waals surface area contributed by atoms with E-state index in [1.54, 1.807) is 30.5 Å². The van der Waals surface area contributed by atoms with Crippen molar-refractivity contribution in [2.75, 3.05) is 11.1 Å². The van der Waals surface area contributed by atoms with E-state index in [0.717, 1.165) is 5.56 Å². The fraction of sp³-hybridized carbons (Fsp3) is 0.190. The number of hydrogen-bond acceptors (Lipinski definition) is 5. The summed E-state index contributed by atoms with van der Waals surface area (Å²) in [5.74, 6) is -0.552. The lowest BCUT2D eigenvalue weighted by atomic mass is 10.1. The molecular formula is C21H22N4O3S. The number of rotatable bonds is 8. The molecule has 0 fully saturated rings. The molecule has 0 saturated heterocycles. The third kappa shape index (κ3) is 5.69. The van der Waals surface area contributed by atoms with E-state index < -0.39 is 5.91 Å². The van der Waals surface area contributed by atoms with Crippen LogP contribution in [-0.2, 0) is 17.9 Å². The Morgan fingerprint density at radius 2 is 1.83 bits per heavy atom. The molecule has 0 aliphatic heterocycles. The number of hydrogen-bond donors (Lipinski definition) is 3. The standard InChI is InChI=1S/C21H22N4O3S/c1-14-2-4-15(5-3-14)10-25-11-18(12-26)24-21(25)29-13-19(27)23-17-8-6-16(7-9-17)20(22)28/h2-9,11,26H,10,12-13H2,1H3,(H2,22,28)(H,23,27). The normalized spacial score (nSPS) is 10.7. The molecule has 2 aromatic carbocycles. The van der Waals surface area contributed by atoms with Crippen LogP contribution in [0.5, 0.6) is 0 Å². The molecule has 1 aromatic heterocycles. The SMILES string of the molecule is Cc1ccc(Cn2cc(CO)nc2SCC(=O)Nc2ccc(C(N)=O)cc2)cc1. The number of carbonyl (C=O) groups excluding carboxylic acids is 2. The van der Waals surface area contributed by atoms with Gasteiger partial charge in [-0.25, -0.2) is 4.98 Å². The molecule has 4 N–H and O–H groups in total. The molecule has 7 nitrogen and oxygen atoms in total. The highest BCUT2D eigenvalue weighted by atomic mass is 32.2. The number of benzene rings is 2. The lowest BCUT2D eigenvalue weighted by Crippen LogP contribution is -2.15.